The van der Waals surface area contributed by atoms with E-state index in [0.29, 0.717) is 17.4 Å². The first kappa shape index (κ1) is 19.7. The number of ether oxygens (including phenoxy) is 1. The maximum atomic E-state index is 6.79. The van der Waals surface area contributed by atoms with Crippen molar-refractivity contribution >= 4 is 0 Å². The van der Waals surface area contributed by atoms with Crippen molar-refractivity contribution in [3.8, 4) is 0 Å². The van der Waals surface area contributed by atoms with Crippen molar-refractivity contribution in [2.24, 2.45) is 46.8 Å². The molecule has 1 heteroatoms. The average molecular weight is 349 g/mol. The van der Waals surface area contributed by atoms with Gasteiger partial charge in [-0.1, -0.05) is 73.6 Å². The third-order valence-corrected chi connectivity index (χ3v) is 7.74. The van der Waals surface area contributed by atoms with E-state index in [4.69, 9.17) is 4.74 Å². The maximum absolute atomic E-state index is 6.79. The molecule has 0 saturated heterocycles. The van der Waals surface area contributed by atoms with Gasteiger partial charge in [-0.15, -0.1) is 0 Å². The lowest BCUT2D eigenvalue weighted by Crippen LogP contribution is -2.51. The summed E-state index contributed by atoms with van der Waals surface area (Å²) in [7, 11) is 0. The van der Waals surface area contributed by atoms with Crippen LogP contribution in [0.25, 0.3) is 0 Å². The summed E-state index contributed by atoms with van der Waals surface area (Å²) >= 11 is 0. The summed E-state index contributed by atoms with van der Waals surface area (Å²) in [6.45, 7) is 15.5. The Balaban J connectivity index is 1.89. The van der Waals surface area contributed by atoms with E-state index in [1.807, 2.05) is 0 Å². The highest BCUT2D eigenvalue weighted by Gasteiger charge is 2.53. The van der Waals surface area contributed by atoms with E-state index in [-0.39, 0.29) is 0 Å². The Morgan fingerprint density at radius 3 is 2.20 bits per heavy atom. The molecule has 3 aliphatic carbocycles. The van der Waals surface area contributed by atoms with Crippen molar-refractivity contribution < 1.29 is 4.74 Å². The molecular formula is C24H44O. The van der Waals surface area contributed by atoms with Crippen molar-refractivity contribution in [1.29, 1.82) is 0 Å². The zero-order valence-electron chi connectivity index (χ0n) is 17.9. The molecule has 0 bridgehead atoms. The van der Waals surface area contributed by atoms with Crippen LogP contribution in [0.1, 0.15) is 92.9 Å². The fourth-order valence-electron chi connectivity index (χ4n) is 6.67. The molecule has 3 rings (SSSR count). The van der Waals surface area contributed by atoms with E-state index in [2.05, 4.69) is 41.5 Å². The number of fused-ring (bicyclic) bond motifs is 1. The van der Waals surface area contributed by atoms with Crippen LogP contribution in [0.3, 0.4) is 0 Å². The Morgan fingerprint density at radius 2 is 1.60 bits per heavy atom. The Hall–Kier alpha value is -0.0400. The first-order valence-electron chi connectivity index (χ1n) is 11.4. The van der Waals surface area contributed by atoms with E-state index < -0.39 is 0 Å². The van der Waals surface area contributed by atoms with E-state index in [1.165, 1.54) is 51.4 Å². The summed E-state index contributed by atoms with van der Waals surface area (Å²) in [5, 5.41) is 0. The standard InChI is InChI=1S/C24H44O/c1-16(2)15-25-23-21(24(4,5)6)14-19-12-17(3)13-20(19)22(23)18-10-8-7-9-11-18/h16-23H,7-15H2,1-6H3/t17?,19?,20?,21?,22-,23?/m1/s1. The lowest BCUT2D eigenvalue weighted by atomic mass is 9.56. The molecule has 6 atom stereocenters. The third kappa shape index (κ3) is 4.45. The summed E-state index contributed by atoms with van der Waals surface area (Å²) in [4.78, 5) is 0. The summed E-state index contributed by atoms with van der Waals surface area (Å²) < 4.78 is 6.79. The quantitative estimate of drug-likeness (QED) is 0.534. The highest BCUT2D eigenvalue weighted by atomic mass is 16.5. The van der Waals surface area contributed by atoms with Crippen LogP contribution in [0.5, 0.6) is 0 Å². The minimum atomic E-state index is 0.366. The number of hydrogen-bond acceptors (Lipinski definition) is 1. The largest absolute Gasteiger partial charge is 0.377 e. The van der Waals surface area contributed by atoms with E-state index in [0.717, 1.165) is 42.1 Å². The molecule has 1 nitrogen and oxygen atoms in total. The molecule has 3 fully saturated rings. The molecule has 25 heavy (non-hydrogen) atoms. The van der Waals surface area contributed by atoms with Crippen LogP contribution >= 0.6 is 0 Å². The van der Waals surface area contributed by atoms with Crippen LogP contribution in [-0.4, -0.2) is 12.7 Å². The van der Waals surface area contributed by atoms with Gasteiger partial charge in [0.15, 0.2) is 0 Å². The topological polar surface area (TPSA) is 9.23 Å². The van der Waals surface area contributed by atoms with Crippen molar-refractivity contribution in [3.63, 3.8) is 0 Å². The predicted molar refractivity (Wildman–Crippen MR) is 108 cm³/mol. The molecule has 146 valence electrons. The second-order valence-electron chi connectivity index (χ2n) is 11.4. The molecule has 5 unspecified atom stereocenters. The van der Waals surface area contributed by atoms with Crippen molar-refractivity contribution in [2.45, 2.75) is 99.0 Å². The van der Waals surface area contributed by atoms with E-state index in [9.17, 15) is 0 Å². The molecular weight excluding hydrogens is 304 g/mol. The molecule has 0 aromatic carbocycles. The average Bonchev–Trinajstić information content (AvgIpc) is 2.91. The zero-order valence-corrected chi connectivity index (χ0v) is 17.9. The lowest BCUT2D eigenvalue weighted by molar-refractivity contribution is -0.137. The van der Waals surface area contributed by atoms with Gasteiger partial charge in [-0.25, -0.2) is 0 Å². The van der Waals surface area contributed by atoms with Gasteiger partial charge in [0.25, 0.3) is 0 Å². The van der Waals surface area contributed by atoms with Gasteiger partial charge in [0.2, 0.25) is 0 Å². The van der Waals surface area contributed by atoms with Gasteiger partial charge in [-0.05, 0) is 66.1 Å². The van der Waals surface area contributed by atoms with Crippen LogP contribution in [0.2, 0.25) is 0 Å². The highest BCUT2D eigenvalue weighted by Crippen LogP contribution is 2.57. The Kier molecular flexibility index (Phi) is 6.24. The maximum Gasteiger partial charge on any atom is 0.0642 e. The molecule has 0 aliphatic heterocycles. The van der Waals surface area contributed by atoms with Gasteiger partial charge in [0.05, 0.1) is 6.10 Å². The van der Waals surface area contributed by atoms with Crippen LogP contribution in [0.15, 0.2) is 0 Å². The molecule has 3 aliphatic rings. The van der Waals surface area contributed by atoms with E-state index >= 15 is 0 Å². The van der Waals surface area contributed by atoms with Gasteiger partial charge < -0.3 is 4.74 Å². The zero-order chi connectivity index (χ0) is 18.2. The van der Waals surface area contributed by atoms with Crippen LogP contribution < -0.4 is 0 Å². The van der Waals surface area contributed by atoms with Crippen molar-refractivity contribution in [1.82, 2.24) is 0 Å². The molecule has 0 aromatic heterocycles. The smallest absolute Gasteiger partial charge is 0.0642 e. The molecule has 3 saturated carbocycles. The predicted octanol–water partition coefficient (Wildman–Crippen LogP) is 6.95. The monoisotopic (exact) mass is 348 g/mol. The fraction of sp³-hybridized carbons (Fsp3) is 1.00. The van der Waals surface area contributed by atoms with Crippen molar-refractivity contribution in [3.05, 3.63) is 0 Å². The fourth-order valence-corrected chi connectivity index (χ4v) is 6.67. The minimum Gasteiger partial charge on any atom is -0.377 e. The summed E-state index contributed by atoms with van der Waals surface area (Å²) in [6, 6.07) is 0. The number of rotatable bonds is 4. The van der Waals surface area contributed by atoms with E-state index in [1.54, 1.807) is 0 Å². The van der Waals surface area contributed by atoms with Crippen molar-refractivity contribution in [2.75, 3.05) is 6.61 Å². The Bertz CT molecular complexity index is 414. The molecule has 0 aromatic rings. The third-order valence-electron chi connectivity index (χ3n) is 7.74. The molecule has 0 amide bonds. The van der Waals surface area contributed by atoms with Gasteiger partial charge in [0.1, 0.15) is 0 Å². The normalized spacial score (nSPS) is 40.4. The highest BCUT2D eigenvalue weighted by molar-refractivity contribution is 5.02. The Morgan fingerprint density at radius 1 is 0.920 bits per heavy atom. The number of hydrogen-bond donors (Lipinski definition) is 0. The first-order chi connectivity index (χ1) is 11.8. The van der Waals surface area contributed by atoms with Crippen LogP contribution in [0, 0.1) is 46.8 Å². The molecule has 0 spiro atoms. The lowest BCUT2D eigenvalue weighted by Gasteiger charge is -2.52. The summed E-state index contributed by atoms with van der Waals surface area (Å²) in [6.07, 6.45) is 12.2. The second kappa shape index (κ2) is 7.91. The minimum absolute atomic E-state index is 0.366. The first-order valence-corrected chi connectivity index (χ1v) is 11.4. The molecule has 0 radical (unpaired) electrons. The van der Waals surface area contributed by atoms with Gasteiger partial charge in [-0.2, -0.15) is 0 Å². The van der Waals surface area contributed by atoms with Gasteiger partial charge >= 0.3 is 0 Å². The Labute approximate surface area is 157 Å². The summed E-state index contributed by atoms with van der Waals surface area (Å²) in [5.74, 6) is 6.03. The molecule has 0 heterocycles. The van der Waals surface area contributed by atoms with Gasteiger partial charge in [0, 0.05) is 6.61 Å². The summed E-state index contributed by atoms with van der Waals surface area (Å²) in [5.41, 5.74) is 0.366. The van der Waals surface area contributed by atoms with Crippen LogP contribution in [-0.2, 0) is 4.74 Å². The van der Waals surface area contributed by atoms with Gasteiger partial charge in [-0.3, -0.25) is 0 Å². The van der Waals surface area contributed by atoms with Crippen LogP contribution in [0.4, 0.5) is 0 Å². The molecule has 0 N–H and O–H groups in total. The second-order valence-corrected chi connectivity index (χ2v) is 11.4. The SMILES string of the molecule is CC(C)COC1C(C(C)(C)C)CC2CC(C)CC2[C@H]1C1CCCCC1.